The number of rotatable bonds is 3. The van der Waals surface area contributed by atoms with Crippen molar-refractivity contribution in [2.75, 3.05) is 7.11 Å². The summed E-state index contributed by atoms with van der Waals surface area (Å²) in [5.74, 6) is 0.271. The van der Waals surface area contributed by atoms with Gasteiger partial charge in [-0.05, 0) is 43.3 Å². The van der Waals surface area contributed by atoms with E-state index in [1.807, 2.05) is 31.2 Å². The molecule has 0 spiro atoms. The van der Waals surface area contributed by atoms with Crippen LogP contribution in [0, 0.1) is 18.3 Å². The Hall–Kier alpha value is -2.91. The first kappa shape index (κ1) is 16.0. The second-order valence-corrected chi connectivity index (χ2v) is 7.23. The van der Waals surface area contributed by atoms with Crippen molar-refractivity contribution in [1.82, 2.24) is 4.98 Å². The standard InChI is InChI=1S/C18H14N2O3S/c1-12-3-8-16-15(9-12)18(23-2)17(11-20-16)24(21,22)14-6-4-13(10-19)5-7-14/h3-9,11H,1-2H3. The fourth-order valence-corrected chi connectivity index (χ4v) is 3.88. The molecule has 120 valence electrons. The van der Waals surface area contributed by atoms with E-state index in [-0.39, 0.29) is 15.5 Å². The molecule has 0 N–H and O–H groups in total. The largest absolute Gasteiger partial charge is 0.495 e. The Kier molecular flexibility index (Phi) is 3.96. The maximum atomic E-state index is 12.9. The Morgan fingerprint density at radius 1 is 1.12 bits per heavy atom. The molecule has 1 aromatic heterocycles. The first-order valence-corrected chi connectivity index (χ1v) is 8.64. The predicted molar refractivity (Wildman–Crippen MR) is 89.6 cm³/mol. The highest BCUT2D eigenvalue weighted by Gasteiger charge is 2.24. The highest BCUT2D eigenvalue weighted by atomic mass is 32.2. The van der Waals surface area contributed by atoms with Crippen molar-refractivity contribution in [2.24, 2.45) is 0 Å². The van der Waals surface area contributed by atoms with Gasteiger partial charge < -0.3 is 4.74 Å². The zero-order chi connectivity index (χ0) is 17.3. The van der Waals surface area contributed by atoms with Crippen LogP contribution in [0.15, 0.2) is 58.5 Å². The lowest BCUT2D eigenvalue weighted by Gasteiger charge is -2.12. The highest BCUT2D eigenvalue weighted by Crippen LogP contribution is 2.35. The Balaban J connectivity index is 2.25. The number of aryl methyl sites for hydroxylation is 1. The summed E-state index contributed by atoms with van der Waals surface area (Å²) in [4.78, 5) is 4.34. The Morgan fingerprint density at radius 2 is 1.83 bits per heavy atom. The van der Waals surface area contributed by atoms with Crippen LogP contribution in [0.4, 0.5) is 0 Å². The van der Waals surface area contributed by atoms with E-state index in [0.717, 1.165) is 5.56 Å². The average Bonchev–Trinajstić information content (AvgIpc) is 2.60. The summed E-state index contributed by atoms with van der Waals surface area (Å²) >= 11 is 0. The van der Waals surface area contributed by atoms with E-state index in [1.165, 1.54) is 37.6 Å². The average molecular weight is 338 g/mol. The molecule has 0 amide bonds. The smallest absolute Gasteiger partial charge is 0.211 e. The van der Waals surface area contributed by atoms with Gasteiger partial charge in [0.05, 0.1) is 35.4 Å². The normalized spacial score (nSPS) is 11.2. The summed E-state index contributed by atoms with van der Waals surface area (Å²) in [7, 11) is -2.37. The van der Waals surface area contributed by atoms with Gasteiger partial charge in [-0.15, -0.1) is 0 Å². The van der Waals surface area contributed by atoms with Crippen molar-refractivity contribution in [3.05, 3.63) is 59.8 Å². The van der Waals surface area contributed by atoms with Crippen molar-refractivity contribution < 1.29 is 13.2 Å². The van der Waals surface area contributed by atoms with Crippen LogP contribution in [0.1, 0.15) is 11.1 Å². The summed E-state index contributed by atoms with van der Waals surface area (Å²) < 4.78 is 31.3. The zero-order valence-electron chi connectivity index (χ0n) is 13.1. The molecule has 0 bridgehead atoms. The number of pyridine rings is 1. The van der Waals surface area contributed by atoms with Crippen LogP contribution in [0.3, 0.4) is 0 Å². The number of ether oxygens (including phenoxy) is 1. The molecule has 0 aliphatic rings. The van der Waals surface area contributed by atoms with Gasteiger partial charge in [0.2, 0.25) is 9.84 Å². The molecule has 0 saturated carbocycles. The molecule has 0 fully saturated rings. The van der Waals surface area contributed by atoms with Gasteiger partial charge in [0.25, 0.3) is 0 Å². The number of hydrogen-bond acceptors (Lipinski definition) is 5. The molecule has 0 aliphatic heterocycles. The highest BCUT2D eigenvalue weighted by molar-refractivity contribution is 7.91. The van der Waals surface area contributed by atoms with Gasteiger partial charge >= 0.3 is 0 Å². The fourth-order valence-electron chi connectivity index (χ4n) is 2.50. The van der Waals surface area contributed by atoms with Crippen LogP contribution in [0.25, 0.3) is 10.9 Å². The summed E-state index contributed by atoms with van der Waals surface area (Å²) in [6.07, 6.45) is 1.31. The molecule has 5 nitrogen and oxygen atoms in total. The van der Waals surface area contributed by atoms with Crippen molar-refractivity contribution in [3.8, 4) is 11.8 Å². The molecule has 3 rings (SSSR count). The van der Waals surface area contributed by atoms with E-state index in [2.05, 4.69) is 4.98 Å². The Morgan fingerprint density at radius 3 is 2.46 bits per heavy atom. The summed E-state index contributed by atoms with van der Waals surface area (Å²) in [6, 6.07) is 13.3. The minimum Gasteiger partial charge on any atom is -0.495 e. The van der Waals surface area contributed by atoms with Gasteiger partial charge in [-0.25, -0.2) is 8.42 Å². The van der Waals surface area contributed by atoms with E-state index >= 15 is 0 Å². The summed E-state index contributed by atoms with van der Waals surface area (Å²) in [6.45, 7) is 1.92. The fraction of sp³-hybridized carbons (Fsp3) is 0.111. The van der Waals surface area contributed by atoms with Crippen molar-refractivity contribution in [1.29, 1.82) is 5.26 Å². The number of nitrogens with zero attached hydrogens (tertiary/aromatic N) is 2. The molecule has 0 unspecified atom stereocenters. The molecular formula is C18H14N2O3S. The molecule has 24 heavy (non-hydrogen) atoms. The summed E-state index contributed by atoms with van der Waals surface area (Å²) in [5, 5.41) is 9.49. The summed E-state index contributed by atoms with van der Waals surface area (Å²) in [5.41, 5.74) is 2.04. The Labute approximate surface area is 140 Å². The second-order valence-electron chi connectivity index (χ2n) is 5.32. The number of methoxy groups -OCH3 is 1. The lowest BCUT2D eigenvalue weighted by atomic mass is 10.1. The zero-order valence-corrected chi connectivity index (χ0v) is 14.0. The molecule has 2 aromatic carbocycles. The van der Waals surface area contributed by atoms with Crippen LogP contribution < -0.4 is 4.74 Å². The Bertz CT molecular complexity index is 1070. The maximum absolute atomic E-state index is 12.9. The van der Waals surface area contributed by atoms with Crippen molar-refractivity contribution in [3.63, 3.8) is 0 Å². The number of fused-ring (bicyclic) bond motifs is 1. The van der Waals surface area contributed by atoms with E-state index < -0.39 is 9.84 Å². The van der Waals surface area contributed by atoms with Gasteiger partial charge in [0, 0.05) is 5.39 Å². The van der Waals surface area contributed by atoms with Crippen molar-refractivity contribution in [2.45, 2.75) is 16.7 Å². The second kappa shape index (κ2) is 5.95. The SMILES string of the molecule is COc1c(S(=O)(=O)c2ccc(C#N)cc2)cnc2ccc(C)cc12. The molecular weight excluding hydrogens is 324 g/mol. The monoisotopic (exact) mass is 338 g/mol. The third-order valence-electron chi connectivity index (χ3n) is 3.73. The van der Waals surface area contributed by atoms with E-state index in [0.29, 0.717) is 16.5 Å². The third-order valence-corrected chi connectivity index (χ3v) is 5.49. The van der Waals surface area contributed by atoms with Crippen LogP contribution in [-0.4, -0.2) is 20.5 Å². The maximum Gasteiger partial charge on any atom is 0.211 e. The molecule has 3 aromatic rings. The number of benzene rings is 2. The van der Waals surface area contributed by atoms with E-state index in [1.54, 1.807) is 0 Å². The minimum absolute atomic E-state index is 0.00723. The number of sulfone groups is 1. The van der Waals surface area contributed by atoms with Gasteiger partial charge in [0.1, 0.15) is 10.6 Å². The van der Waals surface area contributed by atoms with Gasteiger partial charge in [-0.3, -0.25) is 4.98 Å². The van der Waals surface area contributed by atoms with Gasteiger partial charge in [-0.1, -0.05) is 11.6 Å². The van der Waals surface area contributed by atoms with Crippen LogP contribution in [0.5, 0.6) is 5.75 Å². The third kappa shape index (κ3) is 2.59. The molecule has 6 heteroatoms. The predicted octanol–water partition coefficient (Wildman–Crippen LogP) is 3.26. The molecule has 0 atom stereocenters. The molecule has 0 saturated heterocycles. The first-order chi connectivity index (χ1) is 11.5. The van der Waals surface area contributed by atoms with E-state index in [9.17, 15) is 8.42 Å². The first-order valence-electron chi connectivity index (χ1n) is 7.16. The molecule has 0 aliphatic carbocycles. The minimum atomic E-state index is -3.81. The number of hydrogen-bond donors (Lipinski definition) is 0. The lowest BCUT2D eigenvalue weighted by molar-refractivity contribution is 0.407. The van der Waals surface area contributed by atoms with Crippen LogP contribution in [0.2, 0.25) is 0 Å². The topological polar surface area (TPSA) is 80.0 Å². The number of nitriles is 1. The van der Waals surface area contributed by atoms with Crippen LogP contribution in [-0.2, 0) is 9.84 Å². The van der Waals surface area contributed by atoms with Gasteiger partial charge in [0.15, 0.2) is 0 Å². The van der Waals surface area contributed by atoms with E-state index in [4.69, 9.17) is 10.00 Å². The van der Waals surface area contributed by atoms with Crippen LogP contribution >= 0.6 is 0 Å². The van der Waals surface area contributed by atoms with Gasteiger partial charge in [-0.2, -0.15) is 5.26 Å². The molecule has 1 heterocycles. The lowest BCUT2D eigenvalue weighted by Crippen LogP contribution is -2.06. The quantitative estimate of drug-likeness (QED) is 0.732. The molecule has 0 radical (unpaired) electrons. The van der Waals surface area contributed by atoms with Crippen molar-refractivity contribution >= 4 is 20.7 Å². The number of aromatic nitrogens is 1.